The number of nitrogens with one attached hydrogen (secondary N) is 1. The van der Waals surface area contributed by atoms with Gasteiger partial charge in [-0.3, -0.25) is 0 Å². The van der Waals surface area contributed by atoms with Gasteiger partial charge in [0.05, 0.1) is 5.56 Å². The molecule has 0 spiro atoms. The average molecular weight is 420 g/mol. The van der Waals surface area contributed by atoms with Crippen LogP contribution in [0.25, 0.3) is 11.2 Å². The fourth-order valence-electron chi connectivity index (χ4n) is 3.32. The highest BCUT2D eigenvalue weighted by atomic mass is 19.4. The molecule has 1 aliphatic rings. The first-order chi connectivity index (χ1) is 14.4. The minimum atomic E-state index is -4.46. The largest absolute Gasteiger partial charge is 0.416 e. The van der Waals surface area contributed by atoms with Crippen molar-refractivity contribution < 1.29 is 18.0 Å². The number of carbonyl (C=O) groups is 1. The van der Waals surface area contributed by atoms with Crippen LogP contribution in [0, 0.1) is 0 Å². The monoisotopic (exact) mass is 420 g/mol. The third kappa shape index (κ3) is 3.84. The zero-order chi connectivity index (χ0) is 21.3. The van der Waals surface area contributed by atoms with E-state index in [1.807, 2.05) is 11.8 Å². The molecule has 0 unspecified atom stereocenters. The van der Waals surface area contributed by atoms with Gasteiger partial charge in [-0.25, -0.2) is 19.4 Å². The molecule has 9 nitrogen and oxygen atoms in total. The second kappa shape index (κ2) is 7.76. The van der Waals surface area contributed by atoms with Crippen LogP contribution in [-0.4, -0.2) is 62.1 Å². The quantitative estimate of drug-likeness (QED) is 0.700. The first-order valence-electron chi connectivity index (χ1n) is 9.39. The molecule has 3 heterocycles. The molecule has 158 valence electrons. The van der Waals surface area contributed by atoms with Gasteiger partial charge in [-0.1, -0.05) is 11.3 Å². The second-order valence-corrected chi connectivity index (χ2v) is 6.76. The molecule has 4 rings (SSSR count). The Morgan fingerprint density at radius 3 is 2.63 bits per heavy atom. The summed E-state index contributed by atoms with van der Waals surface area (Å²) in [5, 5.41) is 10.8. The van der Waals surface area contributed by atoms with E-state index in [1.165, 1.54) is 18.5 Å². The van der Waals surface area contributed by atoms with Crippen molar-refractivity contribution in [1.29, 1.82) is 0 Å². The van der Waals surface area contributed by atoms with E-state index in [0.717, 1.165) is 12.1 Å². The van der Waals surface area contributed by atoms with Gasteiger partial charge in [-0.05, 0) is 25.1 Å². The number of rotatable bonds is 3. The summed E-state index contributed by atoms with van der Waals surface area (Å²) in [6, 6.07) is 4.13. The molecular formula is C18H19F3N8O. The van der Waals surface area contributed by atoms with E-state index in [0.29, 0.717) is 49.7 Å². The number of alkyl halides is 3. The second-order valence-electron chi connectivity index (χ2n) is 6.76. The summed E-state index contributed by atoms with van der Waals surface area (Å²) >= 11 is 0. The van der Waals surface area contributed by atoms with Gasteiger partial charge in [-0.15, -0.1) is 5.10 Å². The van der Waals surface area contributed by atoms with E-state index < -0.39 is 17.8 Å². The van der Waals surface area contributed by atoms with Crippen molar-refractivity contribution in [3.05, 3.63) is 36.2 Å². The summed E-state index contributed by atoms with van der Waals surface area (Å²) in [7, 11) is 0. The van der Waals surface area contributed by atoms with Crippen molar-refractivity contribution in [1.82, 2.24) is 29.9 Å². The lowest BCUT2D eigenvalue weighted by Crippen LogP contribution is -2.50. The normalized spacial score (nSPS) is 14.9. The molecule has 1 fully saturated rings. The van der Waals surface area contributed by atoms with Gasteiger partial charge in [0.1, 0.15) is 6.33 Å². The summed E-state index contributed by atoms with van der Waals surface area (Å²) in [6.45, 7) is 4.35. The van der Waals surface area contributed by atoms with E-state index in [-0.39, 0.29) is 5.69 Å². The minimum absolute atomic E-state index is 0.103. The van der Waals surface area contributed by atoms with Crippen molar-refractivity contribution in [2.45, 2.75) is 19.6 Å². The standard InChI is InChI=1S/C18H19F3N8O/c1-2-29-16-14(25-26-29)15(22-11-23-16)27-6-8-28(9-7-27)17(30)24-13-5-3-4-12(10-13)18(19,20)21/h3-5,10-11H,2,6-9H2,1H3,(H,24,30). The van der Waals surface area contributed by atoms with Gasteiger partial charge in [0.2, 0.25) is 0 Å². The molecule has 0 bridgehead atoms. The molecule has 2 amide bonds. The molecular weight excluding hydrogens is 401 g/mol. The van der Waals surface area contributed by atoms with Crippen molar-refractivity contribution in [3.8, 4) is 0 Å². The first-order valence-corrected chi connectivity index (χ1v) is 9.39. The molecule has 2 aromatic heterocycles. The Morgan fingerprint density at radius 1 is 1.17 bits per heavy atom. The molecule has 1 saturated heterocycles. The van der Waals surface area contributed by atoms with Crippen LogP contribution in [0.5, 0.6) is 0 Å². The number of hydrogen-bond donors (Lipinski definition) is 1. The highest BCUT2D eigenvalue weighted by Crippen LogP contribution is 2.30. The summed E-state index contributed by atoms with van der Waals surface area (Å²) in [6.07, 6.45) is -3.01. The lowest BCUT2D eigenvalue weighted by Gasteiger charge is -2.35. The van der Waals surface area contributed by atoms with Crippen LogP contribution >= 0.6 is 0 Å². The van der Waals surface area contributed by atoms with E-state index >= 15 is 0 Å². The Hall–Kier alpha value is -3.44. The van der Waals surface area contributed by atoms with Gasteiger partial charge in [0.25, 0.3) is 0 Å². The number of fused-ring (bicyclic) bond motifs is 1. The topological polar surface area (TPSA) is 92.1 Å². The Kier molecular flexibility index (Phi) is 5.14. The van der Waals surface area contributed by atoms with Gasteiger partial charge < -0.3 is 15.1 Å². The molecule has 0 saturated carbocycles. The Morgan fingerprint density at radius 2 is 1.93 bits per heavy atom. The highest BCUT2D eigenvalue weighted by molar-refractivity contribution is 5.90. The fraction of sp³-hybridized carbons (Fsp3) is 0.389. The SMILES string of the molecule is CCn1nnc2c(N3CCN(C(=O)Nc4cccc(C(F)(F)F)c4)CC3)ncnc21. The number of aryl methyl sites for hydroxylation is 1. The number of benzene rings is 1. The van der Waals surface area contributed by atoms with Crippen LogP contribution in [0.2, 0.25) is 0 Å². The molecule has 12 heteroatoms. The third-order valence-corrected chi connectivity index (χ3v) is 4.89. The number of nitrogens with zero attached hydrogens (tertiary/aromatic N) is 7. The van der Waals surface area contributed by atoms with Crippen LogP contribution in [0.15, 0.2) is 30.6 Å². The Bertz CT molecular complexity index is 1060. The smallest absolute Gasteiger partial charge is 0.351 e. The maximum Gasteiger partial charge on any atom is 0.416 e. The average Bonchev–Trinajstić information content (AvgIpc) is 3.17. The van der Waals surface area contributed by atoms with Gasteiger partial charge in [0, 0.05) is 38.4 Å². The Balaban J connectivity index is 1.41. The molecule has 1 aromatic carbocycles. The predicted molar refractivity (Wildman–Crippen MR) is 103 cm³/mol. The van der Waals surface area contributed by atoms with Crippen LogP contribution < -0.4 is 10.2 Å². The van der Waals surface area contributed by atoms with Crippen LogP contribution in [0.1, 0.15) is 12.5 Å². The number of anilines is 2. The summed E-state index contributed by atoms with van der Waals surface area (Å²) in [5.74, 6) is 0.651. The van der Waals surface area contributed by atoms with Crippen molar-refractivity contribution in [3.63, 3.8) is 0 Å². The number of amides is 2. The third-order valence-electron chi connectivity index (χ3n) is 4.89. The van der Waals surface area contributed by atoms with Crippen molar-refractivity contribution >= 4 is 28.7 Å². The first kappa shape index (κ1) is 19.9. The van der Waals surface area contributed by atoms with E-state index in [9.17, 15) is 18.0 Å². The summed E-state index contributed by atoms with van der Waals surface area (Å²) in [5.41, 5.74) is 0.539. The van der Waals surface area contributed by atoms with Crippen molar-refractivity contribution in [2.24, 2.45) is 0 Å². The van der Waals surface area contributed by atoms with Gasteiger partial charge in [0.15, 0.2) is 17.0 Å². The number of aromatic nitrogens is 5. The minimum Gasteiger partial charge on any atom is -0.351 e. The summed E-state index contributed by atoms with van der Waals surface area (Å²) in [4.78, 5) is 24.6. The number of hydrogen-bond acceptors (Lipinski definition) is 6. The van der Waals surface area contributed by atoms with Crippen LogP contribution in [0.3, 0.4) is 0 Å². The molecule has 1 aliphatic heterocycles. The highest BCUT2D eigenvalue weighted by Gasteiger charge is 2.31. The van der Waals surface area contributed by atoms with Gasteiger partial charge in [-0.2, -0.15) is 13.2 Å². The lowest BCUT2D eigenvalue weighted by molar-refractivity contribution is -0.137. The number of carbonyl (C=O) groups excluding carboxylic acids is 1. The molecule has 0 atom stereocenters. The van der Waals surface area contributed by atoms with E-state index in [4.69, 9.17) is 0 Å². The lowest BCUT2D eigenvalue weighted by atomic mass is 10.2. The molecule has 0 radical (unpaired) electrons. The Labute approximate surface area is 169 Å². The predicted octanol–water partition coefficient (Wildman–Crippen LogP) is 2.61. The molecule has 1 N–H and O–H groups in total. The number of urea groups is 1. The maximum atomic E-state index is 12.8. The maximum absolute atomic E-state index is 12.8. The molecule has 30 heavy (non-hydrogen) atoms. The zero-order valence-corrected chi connectivity index (χ0v) is 16.1. The molecule has 0 aliphatic carbocycles. The van der Waals surface area contributed by atoms with Crippen LogP contribution in [0.4, 0.5) is 29.5 Å². The van der Waals surface area contributed by atoms with E-state index in [2.05, 4.69) is 25.6 Å². The number of halogens is 3. The van der Waals surface area contributed by atoms with Crippen LogP contribution in [-0.2, 0) is 12.7 Å². The van der Waals surface area contributed by atoms with E-state index in [1.54, 1.807) is 9.58 Å². The fourth-order valence-corrected chi connectivity index (χ4v) is 3.32. The van der Waals surface area contributed by atoms with Gasteiger partial charge >= 0.3 is 12.2 Å². The zero-order valence-electron chi connectivity index (χ0n) is 16.1. The molecule has 3 aromatic rings. The number of piperazine rings is 1. The van der Waals surface area contributed by atoms with Crippen molar-refractivity contribution in [2.75, 3.05) is 36.4 Å². The summed E-state index contributed by atoms with van der Waals surface area (Å²) < 4.78 is 40.2.